The molecule has 6 heteroatoms. The van der Waals surface area contributed by atoms with E-state index in [2.05, 4.69) is 10.1 Å². The van der Waals surface area contributed by atoms with Gasteiger partial charge in [0.15, 0.2) is 5.65 Å². The third-order valence-electron chi connectivity index (χ3n) is 3.96. The fraction of sp³-hybridized carbons (Fsp3) is 0.0500. The summed E-state index contributed by atoms with van der Waals surface area (Å²) >= 11 is 0. The first-order valence-corrected chi connectivity index (χ1v) is 8.06. The van der Waals surface area contributed by atoms with Gasteiger partial charge >= 0.3 is 5.97 Å². The number of carbonyl (C=O) groups is 1. The van der Waals surface area contributed by atoms with Crippen molar-refractivity contribution in [2.45, 2.75) is 6.61 Å². The van der Waals surface area contributed by atoms with Crippen LogP contribution in [0.3, 0.4) is 0 Å². The van der Waals surface area contributed by atoms with Crippen molar-refractivity contribution < 1.29 is 14.6 Å². The fourth-order valence-corrected chi connectivity index (χ4v) is 2.65. The van der Waals surface area contributed by atoms with Crippen LogP contribution in [0.5, 0.6) is 5.88 Å². The molecule has 2 aromatic carbocycles. The number of aromatic hydroxyl groups is 1. The van der Waals surface area contributed by atoms with Gasteiger partial charge in [0.05, 0.1) is 11.9 Å². The fourth-order valence-electron chi connectivity index (χ4n) is 2.65. The first kappa shape index (κ1) is 15.8. The second kappa shape index (κ2) is 6.68. The molecule has 1 N–H and O–H groups in total. The first-order chi connectivity index (χ1) is 12.7. The topological polar surface area (TPSA) is 76.7 Å². The van der Waals surface area contributed by atoms with Crippen LogP contribution in [0, 0.1) is 0 Å². The standard InChI is InChI=1S/C20H15N3O3/c24-18-11-17(15-9-5-2-6-10-15)22-19-16(12-21-23(18)19)20(25)26-13-14-7-3-1-4-8-14/h1-12,24H,13H2. The van der Waals surface area contributed by atoms with Crippen LogP contribution in [-0.2, 0) is 11.3 Å². The Morgan fingerprint density at radius 2 is 1.73 bits per heavy atom. The normalized spacial score (nSPS) is 10.8. The van der Waals surface area contributed by atoms with Gasteiger partial charge in [-0.25, -0.2) is 9.78 Å². The SMILES string of the molecule is O=C(OCc1ccccc1)c1cnn2c(O)cc(-c3ccccc3)nc12. The van der Waals surface area contributed by atoms with Crippen molar-refractivity contribution in [3.8, 4) is 17.1 Å². The molecule has 6 nitrogen and oxygen atoms in total. The minimum absolute atomic E-state index is 0.101. The Labute approximate surface area is 149 Å². The molecule has 0 aliphatic rings. The summed E-state index contributed by atoms with van der Waals surface area (Å²) in [4.78, 5) is 16.9. The molecule has 2 aromatic heterocycles. The molecule has 0 aliphatic carbocycles. The summed E-state index contributed by atoms with van der Waals surface area (Å²) < 4.78 is 6.57. The van der Waals surface area contributed by atoms with Gasteiger partial charge in [-0.05, 0) is 5.56 Å². The Hall–Kier alpha value is -3.67. The number of carbonyl (C=O) groups excluding carboxylic acids is 1. The number of benzene rings is 2. The largest absolute Gasteiger partial charge is 0.493 e. The van der Waals surface area contributed by atoms with Gasteiger partial charge in [-0.2, -0.15) is 9.61 Å². The predicted molar refractivity (Wildman–Crippen MR) is 95.6 cm³/mol. The van der Waals surface area contributed by atoms with Gasteiger partial charge < -0.3 is 9.84 Å². The van der Waals surface area contributed by atoms with E-state index in [-0.39, 0.29) is 23.7 Å². The number of esters is 1. The first-order valence-electron chi connectivity index (χ1n) is 8.06. The summed E-state index contributed by atoms with van der Waals surface area (Å²) in [6.07, 6.45) is 1.35. The molecule has 0 saturated heterocycles. The van der Waals surface area contributed by atoms with Crippen LogP contribution in [-0.4, -0.2) is 25.7 Å². The highest BCUT2D eigenvalue weighted by Gasteiger charge is 2.18. The molecule has 0 saturated carbocycles. The van der Waals surface area contributed by atoms with Gasteiger partial charge in [0.25, 0.3) is 0 Å². The van der Waals surface area contributed by atoms with Gasteiger partial charge in [-0.15, -0.1) is 0 Å². The maximum absolute atomic E-state index is 12.5. The summed E-state index contributed by atoms with van der Waals surface area (Å²) in [6, 6.07) is 20.3. The van der Waals surface area contributed by atoms with Crippen LogP contribution in [0.4, 0.5) is 0 Å². The molecule has 0 spiro atoms. The van der Waals surface area contributed by atoms with E-state index in [0.717, 1.165) is 11.1 Å². The molecule has 0 atom stereocenters. The molecule has 128 valence electrons. The average Bonchev–Trinajstić information content (AvgIpc) is 3.12. The molecular weight excluding hydrogens is 330 g/mol. The van der Waals surface area contributed by atoms with Crippen molar-refractivity contribution in [2.24, 2.45) is 0 Å². The van der Waals surface area contributed by atoms with Crippen LogP contribution in [0.2, 0.25) is 0 Å². The van der Waals surface area contributed by atoms with E-state index in [4.69, 9.17) is 4.74 Å². The second-order valence-electron chi connectivity index (χ2n) is 5.72. The zero-order chi connectivity index (χ0) is 17.9. The highest BCUT2D eigenvalue weighted by atomic mass is 16.5. The lowest BCUT2D eigenvalue weighted by atomic mass is 10.1. The number of hydrogen-bond acceptors (Lipinski definition) is 5. The highest BCUT2D eigenvalue weighted by Crippen LogP contribution is 2.24. The van der Waals surface area contributed by atoms with Crippen molar-refractivity contribution in [3.05, 3.63) is 84.1 Å². The van der Waals surface area contributed by atoms with Gasteiger partial charge in [0.1, 0.15) is 12.2 Å². The number of nitrogens with zero attached hydrogens (tertiary/aromatic N) is 3. The summed E-state index contributed by atoms with van der Waals surface area (Å²) in [7, 11) is 0. The van der Waals surface area contributed by atoms with E-state index in [0.29, 0.717) is 5.69 Å². The van der Waals surface area contributed by atoms with Crippen LogP contribution in [0.1, 0.15) is 15.9 Å². The molecule has 0 bridgehead atoms. The van der Waals surface area contributed by atoms with Crippen molar-refractivity contribution >= 4 is 11.6 Å². The van der Waals surface area contributed by atoms with Crippen molar-refractivity contribution in [1.82, 2.24) is 14.6 Å². The maximum Gasteiger partial charge on any atom is 0.343 e. The molecule has 0 unspecified atom stereocenters. The third-order valence-corrected chi connectivity index (χ3v) is 3.96. The summed E-state index contributed by atoms with van der Waals surface area (Å²) in [5, 5.41) is 14.3. The highest BCUT2D eigenvalue weighted by molar-refractivity contribution is 5.96. The summed E-state index contributed by atoms with van der Waals surface area (Å²) in [5.74, 6) is -0.642. The van der Waals surface area contributed by atoms with Crippen LogP contribution in [0.15, 0.2) is 72.9 Å². The zero-order valence-corrected chi connectivity index (χ0v) is 13.7. The molecule has 0 amide bonds. The van der Waals surface area contributed by atoms with Gasteiger partial charge in [-0.3, -0.25) is 0 Å². The number of fused-ring (bicyclic) bond motifs is 1. The summed E-state index contributed by atoms with van der Waals surface area (Å²) in [6.45, 7) is 0.154. The van der Waals surface area contributed by atoms with Crippen molar-refractivity contribution in [2.75, 3.05) is 0 Å². The molecule has 26 heavy (non-hydrogen) atoms. The van der Waals surface area contributed by atoms with E-state index >= 15 is 0 Å². The minimum Gasteiger partial charge on any atom is -0.493 e. The molecule has 0 aliphatic heterocycles. The molecule has 4 aromatic rings. The molecular formula is C20H15N3O3. The Morgan fingerprint density at radius 3 is 2.46 bits per heavy atom. The van der Waals surface area contributed by atoms with E-state index < -0.39 is 5.97 Å². The van der Waals surface area contributed by atoms with Gasteiger partial charge in [0.2, 0.25) is 5.88 Å². The average molecular weight is 345 g/mol. The monoisotopic (exact) mass is 345 g/mol. The van der Waals surface area contributed by atoms with E-state index in [1.54, 1.807) is 0 Å². The molecule has 0 radical (unpaired) electrons. The number of hydrogen-bond donors (Lipinski definition) is 1. The maximum atomic E-state index is 12.5. The Balaban J connectivity index is 1.67. The lowest BCUT2D eigenvalue weighted by Crippen LogP contribution is -2.06. The predicted octanol–water partition coefficient (Wildman–Crippen LogP) is 3.46. The minimum atomic E-state index is -0.541. The quantitative estimate of drug-likeness (QED) is 0.573. The van der Waals surface area contributed by atoms with Crippen LogP contribution >= 0.6 is 0 Å². The van der Waals surface area contributed by atoms with E-state index in [1.807, 2.05) is 60.7 Å². The smallest absolute Gasteiger partial charge is 0.343 e. The molecule has 4 rings (SSSR count). The Bertz CT molecular complexity index is 1060. The number of ether oxygens (including phenoxy) is 1. The lowest BCUT2D eigenvalue weighted by Gasteiger charge is -2.06. The van der Waals surface area contributed by atoms with Crippen LogP contribution in [0.25, 0.3) is 16.9 Å². The van der Waals surface area contributed by atoms with Crippen LogP contribution < -0.4 is 0 Å². The van der Waals surface area contributed by atoms with Crippen molar-refractivity contribution in [3.63, 3.8) is 0 Å². The molecule has 0 fully saturated rings. The second-order valence-corrected chi connectivity index (χ2v) is 5.72. The Morgan fingerprint density at radius 1 is 1.04 bits per heavy atom. The number of rotatable bonds is 4. The zero-order valence-electron chi connectivity index (χ0n) is 13.7. The third kappa shape index (κ3) is 3.00. The lowest BCUT2D eigenvalue weighted by molar-refractivity contribution is 0.0475. The van der Waals surface area contributed by atoms with Crippen molar-refractivity contribution in [1.29, 1.82) is 0 Å². The Kier molecular flexibility index (Phi) is 4.07. The van der Waals surface area contributed by atoms with Gasteiger partial charge in [0, 0.05) is 11.6 Å². The summed E-state index contributed by atoms with van der Waals surface area (Å²) in [5.41, 5.74) is 2.72. The van der Waals surface area contributed by atoms with E-state index in [1.165, 1.54) is 16.8 Å². The number of aromatic nitrogens is 3. The molecule has 2 heterocycles. The van der Waals surface area contributed by atoms with Gasteiger partial charge in [-0.1, -0.05) is 60.7 Å². The van der Waals surface area contributed by atoms with E-state index in [9.17, 15) is 9.90 Å².